The van der Waals surface area contributed by atoms with Crippen LogP contribution in [0.4, 0.5) is 0 Å². The molecular formula is C32H70N4O10. The molecule has 0 radical (unpaired) electrons. The van der Waals surface area contributed by atoms with Gasteiger partial charge in [-0.1, -0.05) is 0 Å². The Morgan fingerprint density at radius 1 is 0.370 bits per heavy atom. The molecular weight excluding hydrogens is 600 g/mol. The number of nitrogens with two attached hydrogens (primary N) is 4. The van der Waals surface area contributed by atoms with Crippen molar-refractivity contribution in [2.45, 2.75) is 103 Å². The molecule has 14 nitrogen and oxygen atoms in total. The normalized spacial score (nSPS) is 17.3. The Kier molecular flexibility index (Phi) is 31.3. The summed E-state index contributed by atoms with van der Waals surface area (Å²) < 4.78 is 58.1. The highest BCUT2D eigenvalue weighted by atomic mass is 16.6. The predicted molar refractivity (Wildman–Crippen MR) is 179 cm³/mol. The highest BCUT2D eigenvalue weighted by molar-refractivity contribution is 4.63. The second-order valence-corrected chi connectivity index (χ2v) is 12.0. The maximum atomic E-state index is 6.14. The second-order valence-electron chi connectivity index (χ2n) is 12.0. The number of hydrogen-bond donors (Lipinski definition) is 4. The van der Waals surface area contributed by atoms with E-state index >= 15 is 0 Å². The molecule has 0 heterocycles. The van der Waals surface area contributed by atoms with Gasteiger partial charge in [0.25, 0.3) is 0 Å². The van der Waals surface area contributed by atoms with Crippen LogP contribution in [0.1, 0.15) is 54.4 Å². The molecule has 0 saturated carbocycles. The molecule has 0 aliphatic heterocycles. The van der Waals surface area contributed by atoms with Gasteiger partial charge in [-0.2, -0.15) is 0 Å². The van der Waals surface area contributed by atoms with Crippen molar-refractivity contribution < 1.29 is 47.4 Å². The number of rotatable bonds is 35. The lowest BCUT2D eigenvalue weighted by molar-refractivity contribution is -0.106. The van der Waals surface area contributed by atoms with Crippen LogP contribution >= 0.6 is 0 Å². The summed E-state index contributed by atoms with van der Waals surface area (Å²) in [5.41, 5.74) is 22.7. The van der Waals surface area contributed by atoms with Crippen molar-refractivity contribution >= 4 is 0 Å². The van der Waals surface area contributed by atoms with E-state index in [0.717, 1.165) is 12.8 Å². The average molecular weight is 671 g/mol. The van der Waals surface area contributed by atoms with Crippen molar-refractivity contribution in [3.63, 3.8) is 0 Å². The van der Waals surface area contributed by atoms with Gasteiger partial charge in [0.15, 0.2) is 0 Å². The topological polar surface area (TPSA) is 196 Å². The fraction of sp³-hybridized carbons (Fsp3) is 1.00. The summed E-state index contributed by atoms with van der Waals surface area (Å²) in [6.07, 6.45) is 1.000. The molecule has 0 spiro atoms. The van der Waals surface area contributed by atoms with E-state index in [0.29, 0.717) is 106 Å². The van der Waals surface area contributed by atoms with E-state index in [1.165, 1.54) is 0 Å². The number of unbranched alkanes of at least 4 members (excludes halogenated alkanes) is 1. The van der Waals surface area contributed by atoms with Gasteiger partial charge in [0, 0.05) is 38.4 Å². The van der Waals surface area contributed by atoms with Crippen LogP contribution < -0.4 is 22.9 Å². The molecule has 0 fully saturated rings. The van der Waals surface area contributed by atoms with Gasteiger partial charge in [0.1, 0.15) is 12.2 Å². The highest BCUT2D eigenvalue weighted by Crippen LogP contribution is 2.05. The maximum Gasteiger partial charge on any atom is 0.104 e. The standard InChI is InChI=1S/C32H70N4O10/c1-25(35)15-45-29(5)19-38-21-31(43-12-8-7-11-41-27(3)17-37-18-28(4)42-13-9-33)23-40-24-32(44-14-10-34)22-39-20-30(6)46-16-26(2)36/h25-32H,7-24,33-36H2,1-6H3. The van der Waals surface area contributed by atoms with Gasteiger partial charge in [-0.05, 0) is 54.4 Å². The van der Waals surface area contributed by atoms with Gasteiger partial charge in [0.2, 0.25) is 0 Å². The SMILES string of the molecule is CC(N)COC(C)COCC(COCC(COCC(C)OCC(C)N)OCCCCOC(C)COCC(C)OCCN)OCCN. The van der Waals surface area contributed by atoms with E-state index in [2.05, 4.69) is 0 Å². The zero-order valence-corrected chi connectivity index (χ0v) is 29.7. The third kappa shape index (κ3) is 30.8. The summed E-state index contributed by atoms with van der Waals surface area (Å²) in [4.78, 5) is 0. The lowest BCUT2D eigenvalue weighted by atomic mass is 10.3. The molecule has 0 aliphatic rings. The van der Waals surface area contributed by atoms with Crippen molar-refractivity contribution in [2.75, 3.05) is 106 Å². The van der Waals surface area contributed by atoms with E-state index in [1.54, 1.807) is 0 Å². The van der Waals surface area contributed by atoms with E-state index in [1.807, 2.05) is 41.5 Å². The summed E-state index contributed by atoms with van der Waals surface area (Å²) in [6, 6.07) is -0.0507. The molecule has 0 aromatic heterocycles. The van der Waals surface area contributed by atoms with E-state index < -0.39 is 0 Å². The summed E-state index contributed by atoms with van der Waals surface area (Å²) in [7, 11) is 0. The van der Waals surface area contributed by atoms with E-state index in [9.17, 15) is 0 Å². The van der Waals surface area contributed by atoms with Gasteiger partial charge in [0.05, 0.1) is 104 Å². The fourth-order valence-electron chi connectivity index (χ4n) is 3.82. The Morgan fingerprint density at radius 3 is 1.09 bits per heavy atom. The Balaban J connectivity index is 4.57. The largest absolute Gasteiger partial charge is 0.376 e. The minimum absolute atomic E-state index is 0.00701. The second kappa shape index (κ2) is 31.7. The van der Waals surface area contributed by atoms with E-state index in [-0.39, 0.29) is 48.7 Å². The Hall–Kier alpha value is -0.560. The first kappa shape index (κ1) is 45.4. The molecule has 8 atom stereocenters. The molecule has 0 aromatic carbocycles. The van der Waals surface area contributed by atoms with Crippen LogP contribution in [0.3, 0.4) is 0 Å². The van der Waals surface area contributed by atoms with Gasteiger partial charge in [-0.25, -0.2) is 0 Å². The molecule has 8 unspecified atom stereocenters. The van der Waals surface area contributed by atoms with Gasteiger partial charge in [-0.15, -0.1) is 0 Å². The fourth-order valence-corrected chi connectivity index (χ4v) is 3.82. The first-order valence-electron chi connectivity index (χ1n) is 17.0. The number of hydrogen-bond acceptors (Lipinski definition) is 14. The summed E-state index contributed by atoms with van der Waals surface area (Å²) in [6.45, 7) is 18.9. The van der Waals surface area contributed by atoms with Crippen molar-refractivity contribution in [2.24, 2.45) is 22.9 Å². The van der Waals surface area contributed by atoms with Crippen LogP contribution in [0, 0.1) is 0 Å². The minimum Gasteiger partial charge on any atom is -0.376 e. The minimum atomic E-state index is -0.276. The lowest BCUT2D eigenvalue weighted by Gasteiger charge is -2.23. The molecule has 0 saturated heterocycles. The highest BCUT2D eigenvalue weighted by Gasteiger charge is 2.16. The third-order valence-corrected chi connectivity index (χ3v) is 6.20. The zero-order valence-electron chi connectivity index (χ0n) is 29.7. The van der Waals surface area contributed by atoms with Crippen LogP contribution in [-0.4, -0.2) is 154 Å². The number of ether oxygens (including phenoxy) is 10. The lowest BCUT2D eigenvalue weighted by Crippen LogP contribution is -2.34. The molecule has 8 N–H and O–H groups in total. The van der Waals surface area contributed by atoms with Gasteiger partial charge < -0.3 is 70.3 Å². The first-order chi connectivity index (χ1) is 22.1. The third-order valence-electron chi connectivity index (χ3n) is 6.20. The van der Waals surface area contributed by atoms with Crippen LogP contribution in [0.5, 0.6) is 0 Å². The van der Waals surface area contributed by atoms with E-state index in [4.69, 9.17) is 70.3 Å². The van der Waals surface area contributed by atoms with Crippen molar-refractivity contribution in [1.29, 1.82) is 0 Å². The van der Waals surface area contributed by atoms with Crippen LogP contribution in [0.2, 0.25) is 0 Å². The average Bonchev–Trinajstić information content (AvgIpc) is 3.01. The molecule has 46 heavy (non-hydrogen) atoms. The predicted octanol–water partition coefficient (Wildman–Crippen LogP) is 0.836. The summed E-state index contributed by atoms with van der Waals surface area (Å²) in [5.74, 6) is 0. The first-order valence-corrected chi connectivity index (χ1v) is 17.0. The maximum absolute atomic E-state index is 6.14. The van der Waals surface area contributed by atoms with Crippen molar-refractivity contribution in [3.05, 3.63) is 0 Å². The Morgan fingerprint density at radius 2 is 0.674 bits per heavy atom. The monoisotopic (exact) mass is 671 g/mol. The molecule has 0 amide bonds. The van der Waals surface area contributed by atoms with Gasteiger partial charge >= 0.3 is 0 Å². The molecule has 0 bridgehead atoms. The molecule has 14 heteroatoms. The van der Waals surface area contributed by atoms with Gasteiger partial charge in [-0.3, -0.25) is 0 Å². The molecule has 0 aromatic rings. The van der Waals surface area contributed by atoms with Crippen LogP contribution in [-0.2, 0) is 47.4 Å². The van der Waals surface area contributed by atoms with Crippen molar-refractivity contribution in [1.82, 2.24) is 0 Å². The molecule has 0 rings (SSSR count). The molecule has 0 aliphatic carbocycles. The Bertz CT molecular complexity index is 642. The summed E-state index contributed by atoms with van der Waals surface area (Å²) >= 11 is 0. The Labute approximate surface area is 279 Å². The van der Waals surface area contributed by atoms with Crippen molar-refractivity contribution in [3.8, 4) is 0 Å². The smallest absolute Gasteiger partial charge is 0.104 e. The quantitative estimate of drug-likeness (QED) is 0.0692. The zero-order chi connectivity index (χ0) is 34.4. The molecule has 278 valence electrons. The summed E-state index contributed by atoms with van der Waals surface area (Å²) in [5, 5.41) is 0. The van der Waals surface area contributed by atoms with Crippen LogP contribution in [0.15, 0.2) is 0 Å². The van der Waals surface area contributed by atoms with Crippen LogP contribution in [0.25, 0.3) is 0 Å².